The molecule has 0 saturated carbocycles. The first-order chi connectivity index (χ1) is 14.1. The summed E-state index contributed by atoms with van der Waals surface area (Å²) in [6.45, 7) is -1.05. The molecule has 0 bridgehead atoms. The number of nitrogens with one attached hydrogen (secondary N) is 1. The number of nitrogens with zero attached hydrogens (tertiary/aromatic N) is 1. The number of hydrogen-bond acceptors (Lipinski definition) is 6. The minimum Gasteiger partial charge on any atom is -0.468 e. The van der Waals surface area contributed by atoms with Gasteiger partial charge < -0.3 is 19.6 Å². The van der Waals surface area contributed by atoms with Crippen LogP contribution in [0.2, 0.25) is 0 Å². The number of carbonyl (C=O) groups excluding carboxylic acids is 2. The molecule has 2 aromatic carbocycles. The van der Waals surface area contributed by atoms with Crippen molar-refractivity contribution in [3.05, 3.63) is 71.2 Å². The Labute approximate surface area is 166 Å². The molecule has 1 atom stereocenters. The van der Waals surface area contributed by atoms with Gasteiger partial charge in [0.15, 0.2) is 5.76 Å². The molecule has 2 N–H and O–H groups in total. The molecule has 0 aliphatic heterocycles. The van der Waals surface area contributed by atoms with Crippen LogP contribution >= 0.6 is 0 Å². The van der Waals surface area contributed by atoms with Crippen molar-refractivity contribution in [3.8, 4) is 22.6 Å². The SMILES string of the molecule is COC(=O)CNC(=O)[C@H](CO)n1c(-c2ccccc2)c(-c2ccccc2)oc1=O. The molecule has 0 unspecified atom stereocenters. The van der Waals surface area contributed by atoms with Crippen molar-refractivity contribution in [2.75, 3.05) is 20.3 Å². The molecule has 3 aromatic rings. The van der Waals surface area contributed by atoms with Crippen molar-refractivity contribution < 1.29 is 23.8 Å². The average Bonchev–Trinajstić information content (AvgIpc) is 3.10. The molecule has 0 aliphatic rings. The zero-order chi connectivity index (χ0) is 20.8. The lowest BCUT2D eigenvalue weighted by atomic mass is 10.0. The van der Waals surface area contributed by atoms with E-state index in [9.17, 15) is 19.5 Å². The molecular formula is C21H20N2O6. The Hall–Kier alpha value is -3.65. The van der Waals surface area contributed by atoms with Crippen LogP contribution < -0.4 is 11.1 Å². The van der Waals surface area contributed by atoms with Gasteiger partial charge in [0.2, 0.25) is 5.91 Å². The van der Waals surface area contributed by atoms with Gasteiger partial charge in [-0.25, -0.2) is 4.79 Å². The molecule has 1 heterocycles. The molecule has 0 radical (unpaired) electrons. The van der Waals surface area contributed by atoms with Crippen LogP contribution in [0.1, 0.15) is 6.04 Å². The zero-order valence-electron chi connectivity index (χ0n) is 15.7. The number of aromatic nitrogens is 1. The first-order valence-electron chi connectivity index (χ1n) is 8.88. The van der Waals surface area contributed by atoms with E-state index < -0.39 is 30.3 Å². The second-order valence-electron chi connectivity index (χ2n) is 6.14. The van der Waals surface area contributed by atoms with Crippen LogP contribution in [-0.4, -0.2) is 41.8 Å². The third-order valence-corrected chi connectivity index (χ3v) is 4.35. The summed E-state index contributed by atoms with van der Waals surface area (Å²) in [5.41, 5.74) is 1.64. The number of oxazole rings is 1. The molecule has 1 aromatic heterocycles. The fourth-order valence-electron chi connectivity index (χ4n) is 2.95. The van der Waals surface area contributed by atoms with Gasteiger partial charge in [0.25, 0.3) is 0 Å². The van der Waals surface area contributed by atoms with E-state index >= 15 is 0 Å². The lowest BCUT2D eigenvalue weighted by Crippen LogP contribution is -2.40. The molecular weight excluding hydrogens is 376 g/mol. The van der Waals surface area contributed by atoms with Crippen LogP contribution in [-0.2, 0) is 14.3 Å². The van der Waals surface area contributed by atoms with E-state index in [1.54, 1.807) is 48.5 Å². The topological polar surface area (TPSA) is 111 Å². The fourth-order valence-corrected chi connectivity index (χ4v) is 2.95. The van der Waals surface area contributed by atoms with Gasteiger partial charge in [-0.3, -0.25) is 14.2 Å². The second kappa shape index (κ2) is 9.03. The largest absolute Gasteiger partial charge is 0.468 e. The number of amides is 1. The van der Waals surface area contributed by atoms with E-state index in [-0.39, 0.29) is 12.3 Å². The Morgan fingerprint density at radius 3 is 2.21 bits per heavy atom. The van der Waals surface area contributed by atoms with Crippen LogP contribution in [0.5, 0.6) is 0 Å². The van der Waals surface area contributed by atoms with Gasteiger partial charge in [-0.2, -0.15) is 0 Å². The predicted octanol–water partition coefficient (Wildman–Crippen LogP) is 1.60. The van der Waals surface area contributed by atoms with Gasteiger partial charge in [0.05, 0.1) is 19.4 Å². The maximum atomic E-state index is 12.7. The highest BCUT2D eigenvalue weighted by Gasteiger charge is 2.29. The van der Waals surface area contributed by atoms with Crippen molar-refractivity contribution in [2.24, 2.45) is 0 Å². The van der Waals surface area contributed by atoms with Crippen molar-refractivity contribution >= 4 is 11.9 Å². The van der Waals surface area contributed by atoms with E-state index in [1.807, 2.05) is 12.1 Å². The number of aliphatic hydroxyl groups excluding tert-OH is 1. The van der Waals surface area contributed by atoms with Crippen LogP contribution in [0, 0.1) is 0 Å². The Morgan fingerprint density at radius 1 is 1.07 bits per heavy atom. The van der Waals surface area contributed by atoms with Gasteiger partial charge in [-0.15, -0.1) is 0 Å². The van der Waals surface area contributed by atoms with E-state index in [1.165, 1.54) is 7.11 Å². The Kier molecular flexibility index (Phi) is 6.25. The minimum absolute atomic E-state index is 0.279. The molecule has 0 spiro atoms. The minimum atomic E-state index is -1.29. The summed E-state index contributed by atoms with van der Waals surface area (Å²) in [6, 6.07) is 16.6. The van der Waals surface area contributed by atoms with Gasteiger partial charge in [-0.05, 0) is 0 Å². The highest BCUT2D eigenvalue weighted by molar-refractivity contribution is 5.86. The monoisotopic (exact) mass is 396 g/mol. The van der Waals surface area contributed by atoms with Crippen molar-refractivity contribution in [1.29, 1.82) is 0 Å². The number of ether oxygens (including phenoxy) is 1. The second-order valence-corrected chi connectivity index (χ2v) is 6.14. The van der Waals surface area contributed by atoms with Crippen LogP contribution in [0.25, 0.3) is 22.6 Å². The van der Waals surface area contributed by atoms with E-state index in [0.29, 0.717) is 16.8 Å². The maximum Gasteiger partial charge on any atom is 0.420 e. The molecule has 150 valence electrons. The number of methoxy groups -OCH3 is 1. The van der Waals surface area contributed by atoms with Gasteiger partial charge in [0, 0.05) is 11.1 Å². The molecule has 0 aliphatic carbocycles. The Balaban J connectivity index is 2.13. The fraction of sp³-hybridized carbons (Fsp3) is 0.190. The first-order valence-corrected chi connectivity index (χ1v) is 8.88. The lowest BCUT2D eigenvalue weighted by molar-refractivity contribution is -0.141. The number of aliphatic hydroxyl groups is 1. The number of hydrogen-bond donors (Lipinski definition) is 2. The van der Waals surface area contributed by atoms with Gasteiger partial charge >= 0.3 is 11.7 Å². The standard InChI is InChI=1S/C21H20N2O6/c1-28-17(25)12-22-20(26)16(13-24)23-18(14-8-4-2-5-9-14)19(29-21(23)27)15-10-6-3-7-11-15/h2-11,16,24H,12-13H2,1H3,(H,22,26)/t16-/m0/s1. The number of rotatable bonds is 7. The van der Waals surface area contributed by atoms with Crippen molar-refractivity contribution in [3.63, 3.8) is 0 Å². The predicted molar refractivity (Wildman–Crippen MR) is 105 cm³/mol. The molecule has 29 heavy (non-hydrogen) atoms. The van der Waals surface area contributed by atoms with E-state index in [4.69, 9.17) is 4.42 Å². The molecule has 1 amide bonds. The van der Waals surface area contributed by atoms with Gasteiger partial charge in [0.1, 0.15) is 12.6 Å². The molecule has 8 nitrogen and oxygen atoms in total. The normalized spacial score (nSPS) is 11.7. The maximum absolute atomic E-state index is 12.7. The number of esters is 1. The quantitative estimate of drug-likeness (QED) is 0.587. The summed E-state index contributed by atoms with van der Waals surface area (Å²) in [6.07, 6.45) is 0. The summed E-state index contributed by atoms with van der Waals surface area (Å²) in [4.78, 5) is 36.6. The highest BCUT2D eigenvalue weighted by Crippen LogP contribution is 2.33. The third kappa shape index (κ3) is 4.27. The first kappa shape index (κ1) is 20.1. The van der Waals surface area contributed by atoms with E-state index in [0.717, 1.165) is 4.57 Å². The summed E-state index contributed by atoms with van der Waals surface area (Å²) in [7, 11) is 1.19. The summed E-state index contributed by atoms with van der Waals surface area (Å²) in [5, 5.41) is 12.2. The number of carbonyl (C=O) groups is 2. The average molecular weight is 396 g/mol. The Morgan fingerprint density at radius 2 is 1.66 bits per heavy atom. The lowest BCUT2D eigenvalue weighted by Gasteiger charge is -2.17. The number of benzene rings is 2. The zero-order valence-corrected chi connectivity index (χ0v) is 15.7. The van der Waals surface area contributed by atoms with Gasteiger partial charge in [-0.1, -0.05) is 60.7 Å². The smallest absolute Gasteiger partial charge is 0.420 e. The molecule has 0 saturated heterocycles. The van der Waals surface area contributed by atoms with E-state index in [2.05, 4.69) is 10.1 Å². The summed E-state index contributed by atoms with van der Waals surface area (Å²) < 4.78 is 11.1. The van der Waals surface area contributed by atoms with Crippen LogP contribution in [0.3, 0.4) is 0 Å². The third-order valence-electron chi connectivity index (χ3n) is 4.35. The van der Waals surface area contributed by atoms with Crippen LogP contribution in [0.4, 0.5) is 0 Å². The summed E-state index contributed by atoms with van der Waals surface area (Å²) >= 11 is 0. The van der Waals surface area contributed by atoms with Crippen LogP contribution in [0.15, 0.2) is 69.9 Å². The van der Waals surface area contributed by atoms with Crippen molar-refractivity contribution in [1.82, 2.24) is 9.88 Å². The Bertz CT molecular complexity index is 1040. The summed E-state index contributed by atoms with van der Waals surface area (Å²) in [5.74, 6) is -1.88. The molecule has 3 rings (SSSR count). The highest BCUT2D eigenvalue weighted by atomic mass is 16.5. The molecule has 0 fully saturated rings. The molecule has 8 heteroatoms. The van der Waals surface area contributed by atoms with Crippen molar-refractivity contribution in [2.45, 2.75) is 6.04 Å².